The number of hydrogen-bond donors (Lipinski definition) is 2. The summed E-state index contributed by atoms with van der Waals surface area (Å²) < 4.78 is 26.0. The van der Waals surface area contributed by atoms with Crippen LogP contribution < -0.4 is 4.72 Å². The molecule has 1 fully saturated rings. The monoisotopic (exact) mass is 426 g/mol. The summed E-state index contributed by atoms with van der Waals surface area (Å²) in [6.45, 7) is 0.590. The Bertz CT molecular complexity index is 1040. The third-order valence-corrected chi connectivity index (χ3v) is 6.17. The SMILES string of the molecule is CN=[S-](=O)N[C@@H]1COC[C@H](n2c3ccc(Cl)cc3c3cc(Cl)ccc32)[C@H]1O. The number of hydrogen-bond acceptors (Lipinski definition) is 5. The average molecular weight is 427 g/mol. The van der Waals surface area contributed by atoms with E-state index in [1.807, 2.05) is 41.0 Å². The summed E-state index contributed by atoms with van der Waals surface area (Å²) in [7, 11) is -0.121. The van der Waals surface area contributed by atoms with Gasteiger partial charge in [-0.15, -0.1) is 10.8 Å². The van der Waals surface area contributed by atoms with Crippen LogP contribution in [0.25, 0.3) is 21.8 Å². The number of halogens is 2. The first-order chi connectivity index (χ1) is 13.0. The van der Waals surface area contributed by atoms with Gasteiger partial charge in [0.15, 0.2) is 0 Å². The molecule has 1 aliphatic heterocycles. The lowest BCUT2D eigenvalue weighted by Crippen LogP contribution is -2.51. The van der Waals surface area contributed by atoms with E-state index in [1.54, 1.807) is 0 Å². The van der Waals surface area contributed by atoms with Gasteiger partial charge in [0.05, 0.1) is 25.4 Å². The van der Waals surface area contributed by atoms with Crippen LogP contribution in [0.1, 0.15) is 6.04 Å². The van der Waals surface area contributed by atoms with Crippen LogP contribution in [0.5, 0.6) is 0 Å². The lowest BCUT2D eigenvalue weighted by Gasteiger charge is -2.38. The van der Waals surface area contributed by atoms with Gasteiger partial charge in [-0.05, 0) is 36.4 Å². The fraction of sp³-hybridized carbons (Fsp3) is 0.333. The smallest absolute Gasteiger partial charge is 0.0930 e. The minimum atomic E-state index is -1.58. The van der Waals surface area contributed by atoms with Crippen molar-refractivity contribution in [2.24, 2.45) is 4.36 Å². The van der Waals surface area contributed by atoms with Crippen molar-refractivity contribution in [1.29, 1.82) is 0 Å². The molecular formula is C18H18Cl2N3O3S-. The molecule has 2 heterocycles. The van der Waals surface area contributed by atoms with E-state index >= 15 is 0 Å². The first-order valence-electron chi connectivity index (χ1n) is 8.42. The van der Waals surface area contributed by atoms with Crippen LogP contribution in [0, 0.1) is 0 Å². The maximum absolute atomic E-state index is 11.7. The van der Waals surface area contributed by atoms with Gasteiger partial charge in [0.2, 0.25) is 0 Å². The fourth-order valence-electron chi connectivity index (χ4n) is 3.65. The largest absolute Gasteiger partial charge is 0.430 e. The number of rotatable bonds is 3. The molecule has 2 N–H and O–H groups in total. The molecule has 4 rings (SSSR count). The Hall–Kier alpha value is -1.35. The highest BCUT2D eigenvalue weighted by Gasteiger charge is 2.34. The van der Waals surface area contributed by atoms with Crippen molar-refractivity contribution in [3.05, 3.63) is 46.4 Å². The van der Waals surface area contributed by atoms with Crippen molar-refractivity contribution in [3.8, 4) is 0 Å². The van der Waals surface area contributed by atoms with Gasteiger partial charge in [0.25, 0.3) is 0 Å². The molecule has 1 saturated heterocycles. The van der Waals surface area contributed by atoms with E-state index in [-0.39, 0.29) is 12.6 Å². The molecule has 0 amide bonds. The zero-order valence-electron chi connectivity index (χ0n) is 14.4. The molecule has 27 heavy (non-hydrogen) atoms. The fourth-order valence-corrected chi connectivity index (χ4v) is 4.57. The van der Waals surface area contributed by atoms with Gasteiger partial charge in [-0.3, -0.25) is 0 Å². The van der Waals surface area contributed by atoms with E-state index in [0.29, 0.717) is 16.7 Å². The molecule has 2 aromatic carbocycles. The maximum Gasteiger partial charge on any atom is 0.0930 e. The molecular weight excluding hydrogens is 409 g/mol. The quantitative estimate of drug-likeness (QED) is 0.627. The molecule has 144 valence electrons. The Labute approximate surface area is 168 Å². The van der Waals surface area contributed by atoms with Crippen molar-refractivity contribution in [2.75, 3.05) is 20.3 Å². The molecule has 0 bridgehead atoms. The van der Waals surface area contributed by atoms with Crippen LogP contribution in [-0.4, -0.2) is 42.1 Å². The minimum absolute atomic E-state index is 0.258. The van der Waals surface area contributed by atoms with E-state index in [1.165, 1.54) is 7.05 Å². The second kappa shape index (κ2) is 7.58. The zero-order valence-corrected chi connectivity index (χ0v) is 16.8. The van der Waals surface area contributed by atoms with Crippen LogP contribution in [0.4, 0.5) is 0 Å². The highest BCUT2D eigenvalue weighted by Crippen LogP contribution is 2.37. The predicted molar refractivity (Wildman–Crippen MR) is 109 cm³/mol. The summed E-state index contributed by atoms with van der Waals surface area (Å²) in [6, 6.07) is 10.4. The molecule has 6 nitrogen and oxygen atoms in total. The topological polar surface area (TPSA) is 75.8 Å². The van der Waals surface area contributed by atoms with Gasteiger partial charge in [0.1, 0.15) is 0 Å². The third-order valence-electron chi connectivity index (χ3n) is 4.87. The highest BCUT2D eigenvalue weighted by atomic mass is 35.5. The van der Waals surface area contributed by atoms with E-state index in [4.69, 9.17) is 27.9 Å². The summed E-state index contributed by atoms with van der Waals surface area (Å²) in [5.74, 6) is 0. The van der Waals surface area contributed by atoms with E-state index < -0.39 is 22.9 Å². The molecule has 1 aromatic heterocycles. The zero-order chi connectivity index (χ0) is 19.1. The van der Waals surface area contributed by atoms with Crippen LogP contribution >= 0.6 is 23.2 Å². The number of aliphatic hydroxyl groups excluding tert-OH is 1. The number of ether oxygens (including phenoxy) is 1. The lowest BCUT2D eigenvalue weighted by molar-refractivity contribution is -0.0457. The Morgan fingerprint density at radius 1 is 1.15 bits per heavy atom. The van der Waals surface area contributed by atoms with Crippen molar-refractivity contribution in [2.45, 2.75) is 18.2 Å². The molecule has 0 aliphatic carbocycles. The summed E-state index contributed by atoms with van der Waals surface area (Å²) in [5, 5.41) is 14.1. The number of aromatic nitrogens is 1. The average Bonchev–Trinajstić information content (AvgIpc) is 2.96. The predicted octanol–water partition coefficient (Wildman–Crippen LogP) is 3.68. The normalized spacial score (nSPS) is 24.7. The van der Waals surface area contributed by atoms with Gasteiger partial charge in [0, 0.05) is 44.9 Å². The molecule has 3 atom stereocenters. The molecule has 0 spiro atoms. The Morgan fingerprint density at radius 3 is 2.30 bits per heavy atom. The van der Waals surface area contributed by atoms with Gasteiger partial charge >= 0.3 is 0 Å². The number of nitrogens with one attached hydrogen (secondary N) is 1. The van der Waals surface area contributed by atoms with Crippen LogP contribution in [-0.2, 0) is 19.7 Å². The molecule has 3 aromatic rings. The number of fused-ring (bicyclic) bond motifs is 3. The standard InChI is InChI=1S/C18H18Cl2N3O3S/c1-21-27(25)22-14-8-26-9-17(18(14)24)23-15-4-2-10(19)6-12(15)13-7-11(20)3-5-16(13)23/h2-7,14,17-18,24H,8-9H2,1H3,(H,21,22,25)/q-1/t14-,17+,18+/m1/s1. The third kappa shape index (κ3) is 3.44. The Balaban J connectivity index is 1.88. The second-order valence-corrected chi connectivity index (χ2v) is 8.42. The molecule has 0 saturated carbocycles. The molecule has 1 aliphatic rings. The lowest BCUT2D eigenvalue weighted by atomic mass is 10.0. The summed E-state index contributed by atoms with van der Waals surface area (Å²) in [5.41, 5.74) is 1.84. The minimum Gasteiger partial charge on any atom is -0.430 e. The first kappa shape index (κ1) is 19.0. The van der Waals surface area contributed by atoms with Crippen molar-refractivity contribution >= 4 is 55.8 Å². The highest BCUT2D eigenvalue weighted by molar-refractivity contribution is 7.72. The molecule has 9 heteroatoms. The Morgan fingerprint density at radius 2 is 1.74 bits per heavy atom. The number of aliphatic hydroxyl groups is 1. The van der Waals surface area contributed by atoms with Gasteiger partial charge in [-0.25, -0.2) is 0 Å². The molecule has 0 unspecified atom stereocenters. The van der Waals surface area contributed by atoms with Crippen LogP contribution in [0.15, 0.2) is 40.8 Å². The maximum atomic E-state index is 11.7. The molecule has 0 radical (unpaired) electrons. The summed E-state index contributed by atoms with van der Waals surface area (Å²) >= 11 is 12.4. The van der Waals surface area contributed by atoms with Crippen molar-refractivity contribution in [3.63, 3.8) is 0 Å². The van der Waals surface area contributed by atoms with E-state index in [0.717, 1.165) is 21.8 Å². The van der Waals surface area contributed by atoms with Gasteiger partial charge in [-0.1, -0.05) is 23.2 Å². The number of benzene rings is 2. The van der Waals surface area contributed by atoms with Crippen LogP contribution in [0.2, 0.25) is 10.0 Å². The van der Waals surface area contributed by atoms with Crippen LogP contribution in [0.3, 0.4) is 0 Å². The summed E-state index contributed by atoms with van der Waals surface area (Å²) in [6.07, 6.45) is -0.811. The second-order valence-electron chi connectivity index (χ2n) is 6.44. The van der Waals surface area contributed by atoms with Crippen molar-refractivity contribution in [1.82, 2.24) is 9.29 Å². The first-order valence-corrected chi connectivity index (χ1v) is 10.3. The van der Waals surface area contributed by atoms with E-state index in [2.05, 4.69) is 9.08 Å². The Kier molecular flexibility index (Phi) is 5.33. The summed E-state index contributed by atoms with van der Waals surface area (Å²) in [4.78, 5) is 0. The van der Waals surface area contributed by atoms with Crippen molar-refractivity contribution < 1.29 is 14.1 Å². The van der Waals surface area contributed by atoms with Gasteiger partial charge < -0.3 is 27.7 Å². The van der Waals surface area contributed by atoms with Gasteiger partial charge in [-0.2, -0.15) is 0 Å². The number of nitrogens with zero attached hydrogens (tertiary/aromatic N) is 2. The van der Waals surface area contributed by atoms with E-state index in [9.17, 15) is 9.32 Å².